The minimum absolute atomic E-state index is 0.00718. The predicted molar refractivity (Wildman–Crippen MR) is 68.4 cm³/mol. The molecule has 0 unspecified atom stereocenters. The molecule has 1 N–H and O–H groups in total. The number of hydrogen-bond donors (Lipinski definition) is 1. The maximum Gasteiger partial charge on any atom is 0.198 e. The van der Waals surface area contributed by atoms with E-state index < -0.39 is 9.84 Å². The minimum atomic E-state index is -3.43. The van der Waals surface area contributed by atoms with Crippen molar-refractivity contribution in [1.29, 1.82) is 0 Å². The van der Waals surface area contributed by atoms with E-state index in [4.69, 9.17) is 5.26 Å². The monoisotopic (exact) mass is 392 g/mol. The van der Waals surface area contributed by atoms with Crippen molar-refractivity contribution in [3.05, 3.63) is 11.8 Å². The van der Waals surface area contributed by atoms with Crippen LogP contribution in [0.25, 0.3) is 0 Å². The average molecular weight is 392 g/mol. The smallest absolute Gasteiger partial charge is 0.198 e. The maximum atomic E-state index is 11.7. The van der Waals surface area contributed by atoms with Crippen LogP contribution in [0.5, 0.6) is 0 Å². The minimum Gasteiger partial charge on any atom is -0.222 e. The van der Waals surface area contributed by atoms with Crippen LogP contribution in [0.1, 0.15) is 5.69 Å². The van der Waals surface area contributed by atoms with Crippen LogP contribution in [0, 0.1) is 6.92 Å². The summed E-state index contributed by atoms with van der Waals surface area (Å²) in [6.45, 7) is 1.63. The normalized spacial score (nSPS) is 11.7. The summed E-state index contributed by atoms with van der Waals surface area (Å²) in [6.07, 6.45) is 0. The van der Waals surface area contributed by atoms with Crippen molar-refractivity contribution < 1.29 is 23.0 Å². The molecule has 0 amide bonds. The number of nitrogens with zero attached hydrogens (tertiary/aromatic N) is 2. The number of sulfone groups is 1. The van der Waals surface area contributed by atoms with E-state index in [1.165, 1.54) is 6.07 Å². The lowest BCUT2D eigenvalue weighted by Gasteiger charge is -2.04. The Bertz CT molecular complexity index is 481. The molecule has 96 valence electrons. The first-order chi connectivity index (χ1) is 8.01. The molecule has 10 heteroatoms. The molecule has 0 saturated heterocycles. The van der Waals surface area contributed by atoms with Gasteiger partial charge in [-0.25, -0.2) is 13.7 Å². The Hall–Kier alpha value is -0.0100. The zero-order valence-electron chi connectivity index (χ0n) is 8.66. The highest BCUT2D eigenvalue weighted by Gasteiger charge is 2.18. The first-order valence-corrected chi connectivity index (χ1v) is 8.21. The Morgan fingerprint density at radius 1 is 1.53 bits per heavy atom. The van der Waals surface area contributed by atoms with Crippen LogP contribution in [0.15, 0.2) is 16.0 Å². The van der Waals surface area contributed by atoms with Gasteiger partial charge in [0.25, 0.3) is 0 Å². The van der Waals surface area contributed by atoms with Crippen molar-refractivity contribution >= 4 is 44.5 Å². The molecule has 7 nitrogen and oxygen atoms in total. The second-order valence-electron chi connectivity index (χ2n) is 2.87. The molecule has 0 bridgehead atoms. The van der Waals surface area contributed by atoms with Crippen molar-refractivity contribution in [2.24, 2.45) is 0 Å². The molecule has 0 aromatic carbocycles. The van der Waals surface area contributed by atoms with E-state index in [9.17, 15) is 8.42 Å². The molecule has 0 saturated carbocycles. The summed E-state index contributed by atoms with van der Waals surface area (Å²) in [5.41, 5.74) is 0.473. The number of alkyl halides is 1. The molecule has 0 aliphatic heterocycles. The Kier molecular flexibility index (Phi) is 6.02. The van der Waals surface area contributed by atoms with Crippen LogP contribution in [0.4, 0.5) is 0 Å². The van der Waals surface area contributed by atoms with E-state index in [-0.39, 0.29) is 10.8 Å². The lowest BCUT2D eigenvalue weighted by Crippen LogP contribution is -2.11. The molecule has 1 aromatic rings. The van der Waals surface area contributed by atoms with Crippen LogP contribution in [0.3, 0.4) is 0 Å². The van der Waals surface area contributed by atoms with Crippen LogP contribution < -0.4 is 0 Å². The van der Waals surface area contributed by atoms with Gasteiger partial charge < -0.3 is 0 Å². The number of hydrogen-bond acceptors (Lipinski definition) is 8. The highest BCUT2D eigenvalue weighted by molar-refractivity contribution is 14.1. The Morgan fingerprint density at radius 3 is 2.82 bits per heavy atom. The molecule has 1 aromatic heterocycles. The van der Waals surface area contributed by atoms with E-state index in [1.807, 2.05) is 22.6 Å². The van der Waals surface area contributed by atoms with Crippen molar-refractivity contribution in [3.63, 3.8) is 0 Å². The van der Waals surface area contributed by atoms with Gasteiger partial charge in [0.15, 0.2) is 14.9 Å². The van der Waals surface area contributed by atoms with Gasteiger partial charge >= 0.3 is 0 Å². The molecule has 0 spiro atoms. The molecule has 1 rings (SSSR count). The van der Waals surface area contributed by atoms with Crippen LogP contribution in [0.2, 0.25) is 0 Å². The fraction of sp³-hybridized carbons (Fsp3) is 0.429. The van der Waals surface area contributed by atoms with E-state index in [0.717, 1.165) is 0 Å². The van der Waals surface area contributed by atoms with Crippen molar-refractivity contribution in [3.8, 4) is 0 Å². The van der Waals surface area contributed by atoms with Crippen LogP contribution >= 0.6 is 34.6 Å². The highest BCUT2D eigenvalue weighted by Crippen LogP contribution is 2.23. The van der Waals surface area contributed by atoms with Crippen LogP contribution in [-0.4, -0.2) is 34.1 Å². The first-order valence-electron chi connectivity index (χ1n) is 4.29. The van der Waals surface area contributed by atoms with Gasteiger partial charge in [-0.2, -0.15) is 5.10 Å². The van der Waals surface area contributed by atoms with Gasteiger partial charge in [0.2, 0.25) is 0 Å². The summed E-state index contributed by atoms with van der Waals surface area (Å²) in [4.78, 5) is 0.404. The van der Waals surface area contributed by atoms with Gasteiger partial charge in [0.05, 0.1) is 28.4 Å². The molecule has 0 atom stereocenters. The van der Waals surface area contributed by atoms with E-state index in [2.05, 4.69) is 19.6 Å². The number of rotatable bonds is 6. The summed E-state index contributed by atoms with van der Waals surface area (Å²) in [7, 11) is -3.43. The molecular weight excluding hydrogens is 383 g/mol. The number of aromatic nitrogens is 2. The van der Waals surface area contributed by atoms with Gasteiger partial charge in [-0.1, -0.05) is 27.6 Å². The maximum absolute atomic E-state index is 11.7. The summed E-state index contributed by atoms with van der Waals surface area (Å²) >= 11 is 2.62. The quantitative estimate of drug-likeness (QED) is 0.255. The predicted octanol–water partition coefficient (Wildman–Crippen LogP) is 1.42. The van der Waals surface area contributed by atoms with Gasteiger partial charge in [-0.3, -0.25) is 0 Å². The van der Waals surface area contributed by atoms with E-state index in [0.29, 0.717) is 27.1 Å². The summed E-state index contributed by atoms with van der Waals surface area (Å²) in [5, 5.41) is 18.7. The third-order valence-electron chi connectivity index (χ3n) is 1.73. The van der Waals surface area contributed by atoms with Crippen molar-refractivity contribution in [2.45, 2.75) is 16.8 Å². The fourth-order valence-electron chi connectivity index (χ4n) is 0.913. The largest absolute Gasteiger partial charge is 0.222 e. The third-order valence-corrected chi connectivity index (χ3v) is 5.30. The first kappa shape index (κ1) is 15.0. The lowest BCUT2D eigenvalue weighted by molar-refractivity contribution is -0.432. The van der Waals surface area contributed by atoms with E-state index in [1.54, 1.807) is 6.92 Å². The molecule has 1 heterocycles. The summed E-state index contributed by atoms with van der Waals surface area (Å²) in [6, 6.07) is 1.33. The van der Waals surface area contributed by atoms with Gasteiger partial charge in [-0.05, 0) is 13.0 Å². The topological polar surface area (TPSA) is 98.6 Å². The van der Waals surface area contributed by atoms with Crippen molar-refractivity contribution in [2.75, 3.05) is 10.2 Å². The Morgan fingerprint density at radius 2 is 2.24 bits per heavy atom. The number of halogens is 1. The van der Waals surface area contributed by atoms with Gasteiger partial charge in [-0.15, -0.1) is 9.43 Å². The van der Waals surface area contributed by atoms with Gasteiger partial charge in [0, 0.05) is 4.43 Å². The highest BCUT2D eigenvalue weighted by atomic mass is 127. The molecule has 0 aliphatic rings. The van der Waals surface area contributed by atoms with Crippen molar-refractivity contribution in [1.82, 2.24) is 10.2 Å². The van der Waals surface area contributed by atoms with E-state index >= 15 is 0 Å². The molecule has 0 aliphatic carbocycles. The summed E-state index contributed by atoms with van der Waals surface area (Å²) in [5.74, 6) is -0.00718. The Labute approximate surface area is 116 Å². The molecular formula is C7H9IN2O5S2. The molecule has 17 heavy (non-hydrogen) atoms. The fourth-order valence-corrected chi connectivity index (χ4v) is 4.03. The number of aryl methyl sites for hydroxylation is 1. The zero-order chi connectivity index (χ0) is 12.9. The zero-order valence-corrected chi connectivity index (χ0v) is 12.5. The standard InChI is InChI=1S/C7H9IN2O5S2/c1-5-6(16-15-14-11)4-7(10-9-5)17(12,13)3-2-8/h4,11H,2-3H2,1H3. The average Bonchev–Trinajstić information content (AvgIpc) is 2.27. The second-order valence-corrected chi connectivity index (χ2v) is 6.74. The lowest BCUT2D eigenvalue weighted by atomic mass is 10.4. The molecule has 0 fully saturated rings. The second kappa shape index (κ2) is 6.80. The SMILES string of the molecule is Cc1nnc(S(=O)(=O)CCI)cc1SOOO. The molecule has 0 radical (unpaired) electrons. The summed E-state index contributed by atoms with van der Waals surface area (Å²) < 4.78 is 28.2. The van der Waals surface area contributed by atoms with Crippen LogP contribution in [-0.2, 0) is 19.2 Å². The Balaban J connectivity index is 3.03. The third kappa shape index (κ3) is 4.30. The van der Waals surface area contributed by atoms with Gasteiger partial charge in [0.1, 0.15) is 0 Å².